The van der Waals surface area contributed by atoms with Gasteiger partial charge in [-0.05, 0) is 105 Å². The quantitative estimate of drug-likeness (QED) is 0.204. The summed E-state index contributed by atoms with van der Waals surface area (Å²) in [6, 6.07) is 31.9. The molecule has 0 aromatic heterocycles. The second-order valence-electron chi connectivity index (χ2n) is 13.3. The van der Waals surface area contributed by atoms with Crippen molar-refractivity contribution in [1.29, 1.82) is 5.41 Å². The van der Waals surface area contributed by atoms with Crippen LogP contribution in [0, 0.1) is 5.41 Å². The number of nitrogens with one attached hydrogen (secondary N) is 2. The van der Waals surface area contributed by atoms with Crippen molar-refractivity contribution in [2.75, 3.05) is 7.05 Å². The van der Waals surface area contributed by atoms with Gasteiger partial charge in [0.05, 0.1) is 5.84 Å². The predicted octanol–water partition coefficient (Wildman–Crippen LogP) is 9.31. The van der Waals surface area contributed by atoms with Crippen molar-refractivity contribution < 1.29 is 0 Å². The van der Waals surface area contributed by atoms with E-state index in [9.17, 15) is 0 Å². The van der Waals surface area contributed by atoms with Gasteiger partial charge in [0, 0.05) is 6.54 Å². The molecule has 206 valence electrons. The van der Waals surface area contributed by atoms with Gasteiger partial charge in [-0.3, -0.25) is 10.7 Å². The monoisotopic (exact) mass is 529 g/mol. The van der Waals surface area contributed by atoms with Crippen LogP contribution in [0.4, 0.5) is 0 Å². The van der Waals surface area contributed by atoms with Crippen molar-refractivity contribution in [3.05, 3.63) is 107 Å². The second kappa shape index (κ2) is 10.4. The molecule has 1 aliphatic rings. The molecule has 1 atom stereocenters. The van der Waals surface area contributed by atoms with E-state index in [1.807, 2.05) is 14.0 Å². The van der Waals surface area contributed by atoms with Gasteiger partial charge in [0.2, 0.25) is 0 Å². The van der Waals surface area contributed by atoms with Crippen molar-refractivity contribution in [3.63, 3.8) is 0 Å². The zero-order valence-electron chi connectivity index (χ0n) is 25.3. The molecule has 1 unspecified atom stereocenters. The topological polar surface area (TPSA) is 39.1 Å². The molecule has 2 N–H and O–H groups in total. The minimum atomic E-state index is 0.0185. The number of rotatable bonds is 4. The number of amidine groups is 1. The molecule has 5 rings (SSSR count). The summed E-state index contributed by atoms with van der Waals surface area (Å²) in [6.07, 6.45) is 0.0185. The van der Waals surface area contributed by atoms with Gasteiger partial charge in [0.1, 0.15) is 6.17 Å². The number of hydrogen-bond acceptors (Lipinski definition) is 2. The lowest BCUT2D eigenvalue weighted by atomic mass is 9.85. The number of benzene rings is 4. The Morgan fingerprint density at radius 3 is 1.48 bits per heavy atom. The molecule has 0 fully saturated rings. The molecule has 0 saturated carbocycles. The molecule has 40 heavy (non-hydrogen) atoms. The van der Waals surface area contributed by atoms with E-state index in [1.54, 1.807) is 0 Å². The van der Waals surface area contributed by atoms with Gasteiger partial charge in [-0.25, -0.2) is 0 Å². The van der Waals surface area contributed by atoms with E-state index in [0.29, 0.717) is 5.84 Å². The molecule has 3 nitrogen and oxygen atoms in total. The minimum absolute atomic E-state index is 0.0185. The molecule has 0 amide bonds. The summed E-state index contributed by atoms with van der Waals surface area (Å²) in [5.74, 6) is 0.582. The average molecular weight is 530 g/mol. The van der Waals surface area contributed by atoms with Crippen molar-refractivity contribution in [2.45, 2.75) is 72.0 Å². The number of hydrogen-bond donors (Lipinski definition) is 2. The smallest absolute Gasteiger partial charge is 0.107 e. The van der Waals surface area contributed by atoms with E-state index < -0.39 is 0 Å². The fourth-order valence-corrected chi connectivity index (χ4v) is 5.69. The van der Waals surface area contributed by atoms with Crippen LogP contribution in [0.3, 0.4) is 0 Å². The first kappa shape index (κ1) is 27.9. The molecule has 0 radical (unpaired) electrons. The second-order valence-corrected chi connectivity index (χ2v) is 13.3. The molecule has 1 heterocycles. The maximum atomic E-state index is 8.26. The van der Waals surface area contributed by atoms with Gasteiger partial charge in [0.15, 0.2) is 0 Å². The van der Waals surface area contributed by atoms with Crippen LogP contribution in [0.5, 0.6) is 0 Å². The SMILES string of the molecule is CNC1c2cc(-c3cc(-c4ccc(C(C)(C)C)cc4)cc(-c4ccc(C(C)(C)C)cc4)c3)ccc2CN1C(C)=N. The molecule has 1 aliphatic heterocycles. The van der Waals surface area contributed by atoms with Crippen LogP contribution < -0.4 is 5.32 Å². The number of fused-ring (bicyclic) bond motifs is 1. The third-order valence-electron chi connectivity index (χ3n) is 8.23. The van der Waals surface area contributed by atoms with Crippen LogP contribution in [-0.4, -0.2) is 17.8 Å². The fraction of sp³-hybridized carbons (Fsp3) is 0.324. The van der Waals surface area contributed by atoms with Crippen LogP contribution in [0.2, 0.25) is 0 Å². The van der Waals surface area contributed by atoms with E-state index in [2.05, 4.69) is 137 Å². The molecule has 4 aromatic carbocycles. The number of nitrogens with zero attached hydrogens (tertiary/aromatic N) is 1. The van der Waals surface area contributed by atoms with Crippen LogP contribution >= 0.6 is 0 Å². The lowest BCUT2D eigenvalue weighted by molar-refractivity contribution is 0.305. The lowest BCUT2D eigenvalue weighted by Gasteiger charge is -2.25. The van der Waals surface area contributed by atoms with Crippen LogP contribution in [0.15, 0.2) is 84.9 Å². The normalized spacial score (nSPS) is 15.3. The molecule has 4 aromatic rings. The molecule has 0 aliphatic carbocycles. The summed E-state index contributed by atoms with van der Waals surface area (Å²) in [4.78, 5) is 2.11. The summed E-state index contributed by atoms with van der Waals surface area (Å²) in [7, 11) is 1.98. The van der Waals surface area contributed by atoms with Crippen molar-refractivity contribution in [3.8, 4) is 33.4 Å². The van der Waals surface area contributed by atoms with Gasteiger partial charge < -0.3 is 4.90 Å². The van der Waals surface area contributed by atoms with Gasteiger partial charge in [-0.1, -0.05) is 102 Å². The highest BCUT2D eigenvalue weighted by molar-refractivity contribution is 5.82. The molecule has 0 saturated heterocycles. The van der Waals surface area contributed by atoms with Gasteiger partial charge >= 0.3 is 0 Å². The summed E-state index contributed by atoms with van der Waals surface area (Å²) < 4.78 is 0. The summed E-state index contributed by atoms with van der Waals surface area (Å²) in [5, 5.41) is 11.7. The average Bonchev–Trinajstić information content (AvgIpc) is 3.30. The Morgan fingerprint density at radius 1 is 0.650 bits per heavy atom. The standard InChI is InChI=1S/C37H43N3/c1-24(38)40-23-28-10-9-27(22-34(28)35(40)39-8)31-20-29(25-11-15-32(16-12-25)36(2,3)4)19-30(21-31)26-13-17-33(18-14-26)37(5,6)7/h9-22,35,38-39H,23H2,1-8H3. The highest BCUT2D eigenvalue weighted by Gasteiger charge is 2.29. The van der Waals surface area contributed by atoms with Crippen molar-refractivity contribution in [1.82, 2.24) is 10.2 Å². The van der Waals surface area contributed by atoms with E-state index in [1.165, 1.54) is 55.6 Å². The maximum absolute atomic E-state index is 8.26. The largest absolute Gasteiger partial charge is 0.337 e. The summed E-state index contributed by atoms with van der Waals surface area (Å²) in [6.45, 7) is 16.2. The maximum Gasteiger partial charge on any atom is 0.107 e. The van der Waals surface area contributed by atoms with Crippen LogP contribution in [0.25, 0.3) is 33.4 Å². The molecular weight excluding hydrogens is 486 g/mol. The van der Waals surface area contributed by atoms with Crippen LogP contribution in [-0.2, 0) is 17.4 Å². The Balaban J connectivity index is 1.63. The van der Waals surface area contributed by atoms with E-state index >= 15 is 0 Å². The highest BCUT2D eigenvalue weighted by atomic mass is 15.3. The third kappa shape index (κ3) is 5.48. The van der Waals surface area contributed by atoms with E-state index in [-0.39, 0.29) is 17.0 Å². The zero-order chi connectivity index (χ0) is 28.8. The highest BCUT2D eigenvalue weighted by Crippen LogP contribution is 2.38. The lowest BCUT2D eigenvalue weighted by Crippen LogP contribution is -2.34. The molecule has 3 heteroatoms. The van der Waals surface area contributed by atoms with Crippen LogP contribution in [0.1, 0.15) is 76.9 Å². The van der Waals surface area contributed by atoms with E-state index in [4.69, 9.17) is 5.41 Å². The Labute approximate surface area is 240 Å². The summed E-state index contributed by atoms with van der Waals surface area (Å²) in [5.41, 5.74) is 12.7. The predicted molar refractivity (Wildman–Crippen MR) is 171 cm³/mol. The summed E-state index contributed by atoms with van der Waals surface area (Å²) >= 11 is 0. The third-order valence-corrected chi connectivity index (χ3v) is 8.23. The molecular formula is C37H43N3. The Kier molecular flexibility index (Phi) is 7.22. The Bertz CT molecular complexity index is 1460. The molecule has 0 bridgehead atoms. The fourth-order valence-electron chi connectivity index (χ4n) is 5.69. The first-order chi connectivity index (χ1) is 18.8. The Morgan fingerprint density at radius 2 is 1.07 bits per heavy atom. The van der Waals surface area contributed by atoms with Gasteiger partial charge in [0.25, 0.3) is 0 Å². The first-order valence-electron chi connectivity index (χ1n) is 14.3. The Hall–Kier alpha value is -3.69. The molecule has 0 spiro atoms. The van der Waals surface area contributed by atoms with E-state index in [0.717, 1.165) is 6.54 Å². The first-order valence-corrected chi connectivity index (χ1v) is 14.3. The van der Waals surface area contributed by atoms with Gasteiger partial charge in [-0.2, -0.15) is 0 Å². The van der Waals surface area contributed by atoms with Crippen molar-refractivity contribution >= 4 is 5.84 Å². The zero-order valence-corrected chi connectivity index (χ0v) is 25.3. The van der Waals surface area contributed by atoms with Crippen molar-refractivity contribution in [2.24, 2.45) is 0 Å². The van der Waals surface area contributed by atoms with Gasteiger partial charge in [-0.15, -0.1) is 0 Å². The minimum Gasteiger partial charge on any atom is -0.337 e.